The maximum absolute atomic E-state index is 11.2. The average Bonchev–Trinajstić information content (AvgIpc) is 2.58. The van der Waals surface area contributed by atoms with Gasteiger partial charge in [-0.2, -0.15) is 0 Å². The third kappa shape index (κ3) is 1.56. The maximum Gasteiger partial charge on any atom is 0.267 e. The monoisotopic (exact) mass is 217 g/mol. The minimum absolute atomic E-state index is 0.0111. The summed E-state index contributed by atoms with van der Waals surface area (Å²) in [5.41, 5.74) is 7.58. The highest BCUT2D eigenvalue weighted by molar-refractivity contribution is 5.91. The van der Waals surface area contributed by atoms with Crippen molar-refractivity contribution in [3.8, 4) is 0 Å². The fraction of sp³-hybridized carbons (Fsp3) is 0.333. The lowest BCUT2D eigenvalue weighted by molar-refractivity contribution is 0.0994. The number of carbonyl (C=O) groups is 1. The van der Waals surface area contributed by atoms with Crippen molar-refractivity contribution in [2.24, 2.45) is 5.73 Å². The van der Waals surface area contributed by atoms with Crippen molar-refractivity contribution >= 4 is 11.6 Å². The van der Waals surface area contributed by atoms with Crippen LogP contribution in [0.4, 0.5) is 0 Å². The minimum atomic E-state index is -0.460. The van der Waals surface area contributed by atoms with E-state index in [9.17, 15) is 4.79 Å². The van der Waals surface area contributed by atoms with Crippen LogP contribution in [0, 0.1) is 0 Å². The number of hydrogen-bond donors (Lipinski definition) is 1. The molecule has 2 aromatic rings. The Morgan fingerprint density at radius 2 is 2.12 bits per heavy atom. The molecule has 16 heavy (non-hydrogen) atoms. The normalized spacial score (nSPS) is 11.9. The van der Waals surface area contributed by atoms with E-state index in [4.69, 9.17) is 5.73 Å². The number of primary amides is 1. The van der Waals surface area contributed by atoms with Crippen LogP contribution in [0.25, 0.3) is 5.65 Å². The highest BCUT2D eigenvalue weighted by Crippen LogP contribution is 2.26. The number of aromatic nitrogens is 2. The predicted molar refractivity (Wildman–Crippen MR) is 62.4 cm³/mol. The Labute approximate surface area is 94.1 Å². The van der Waals surface area contributed by atoms with Crippen LogP contribution in [-0.2, 0) is 5.41 Å². The molecule has 0 bridgehead atoms. The van der Waals surface area contributed by atoms with Crippen LogP contribution < -0.4 is 5.73 Å². The summed E-state index contributed by atoms with van der Waals surface area (Å²) in [4.78, 5) is 15.5. The maximum atomic E-state index is 11.2. The molecular formula is C12H15N3O. The summed E-state index contributed by atoms with van der Waals surface area (Å²) in [6, 6.07) is 3.93. The number of imidazole rings is 1. The molecule has 0 aromatic carbocycles. The van der Waals surface area contributed by atoms with E-state index in [0.717, 1.165) is 11.2 Å². The van der Waals surface area contributed by atoms with Gasteiger partial charge in [0, 0.05) is 11.8 Å². The number of carbonyl (C=O) groups excluding carboxylic acids is 1. The Kier molecular flexibility index (Phi) is 2.22. The Morgan fingerprint density at radius 3 is 2.69 bits per heavy atom. The predicted octanol–water partition coefficient (Wildman–Crippen LogP) is 1.73. The summed E-state index contributed by atoms with van der Waals surface area (Å²) >= 11 is 0. The van der Waals surface area contributed by atoms with Gasteiger partial charge in [-0.15, -0.1) is 0 Å². The van der Waals surface area contributed by atoms with Crippen molar-refractivity contribution in [1.29, 1.82) is 0 Å². The van der Waals surface area contributed by atoms with Crippen molar-refractivity contribution < 1.29 is 4.79 Å². The fourth-order valence-corrected chi connectivity index (χ4v) is 1.78. The zero-order chi connectivity index (χ0) is 11.9. The number of rotatable bonds is 1. The van der Waals surface area contributed by atoms with Gasteiger partial charge in [0.25, 0.3) is 5.91 Å². The first-order valence-electron chi connectivity index (χ1n) is 5.17. The molecule has 4 heteroatoms. The number of fused-ring (bicyclic) bond motifs is 1. The molecule has 0 unspecified atom stereocenters. The topological polar surface area (TPSA) is 60.4 Å². The van der Waals surface area contributed by atoms with E-state index >= 15 is 0 Å². The molecule has 2 rings (SSSR count). The molecule has 2 aromatic heterocycles. The Hall–Kier alpha value is -1.84. The highest BCUT2D eigenvalue weighted by Gasteiger charge is 2.19. The molecule has 1 amide bonds. The van der Waals surface area contributed by atoms with Crippen LogP contribution in [0.5, 0.6) is 0 Å². The van der Waals surface area contributed by atoms with Crippen molar-refractivity contribution in [3.05, 3.63) is 35.8 Å². The molecule has 4 nitrogen and oxygen atoms in total. The van der Waals surface area contributed by atoms with Gasteiger partial charge in [0.05, 0.1) is 6.20 Å². The van der Waals surface area contributed by atoms with Crippen molar-refractivity contribution in [1.82, 2.24) is 9.38 Å². The molecule has 0 fully saturated rings. The SMILES string of the molecule is CC(C)(C)c1cccn2c(C(N)=O)cnc12. The van der Waals surface area contributed by atoms with Gasteiger partial charge in [-0.25, -0.2) is 4.98 Å². The summed E-state index contributed by atoms with van der Waals surface area (Å²) in [5, 5.41) is 0. The van der Waals surface area contributed by atoms with Gasteiger partial charge in [-0.05, 0) is 11.5 Å². The Morgan fingerprint density at radius 1 is 1.44 bits per heavy atom. The molecule has 84 valence electrons. The lowest BCUT2D eigenvalue weighted by Gasteiger charge is -2.19. The summed E-state index contributed by atoms with van der Waals surface area (Å²) < 4.78 is 1.74. The second-order valence-electron chi connectivity index (χ2n) is 4.87. The second kappa shape index (κ2) is 3.33. The van der Waals surface area contributed by atoms with E-state index < -0.39 is 5.91 Å². The summed E-state index contributed by atoms with van der Waals surface area (Å²) in [5.74, 6) is -0.460. The highest BCUT2D eigenvalue weighted by atomic mass is 16.1. The lowest BCUT2D eigenvalue weighted by atomic mass is 9.88. The van der Waals surface area contributed by atoms with Gasteiger partial charge in [-0.1, -0.05) is 26.8 Å². The molecule has 2 N–H and O–H groups in total. The molecule has 0 aliphatic heterocycles. The van der Waals surface area contributed by atoms with Crippen molar-refractivity contribution in [2.75, 3.05) is 0 Å². The van der Waals surface area contributed by atoms with Crippen LogP contribution in [0.15, 0.2) is 24.5 Å². The molecule has 0 saturated carbocycles. The number of hydrogen-bond acceptors (Lipinski definition) is 2. The molecule has 0 spiro atoms. The number of pyridine rings is 1. The molecule has 0 aliphatic rings. The third-order valence-electron chi connectivity index (χ3n) is 2.60. The summed E-state index contributed by atoms with van der Waals surface area (Å²) in [6.45, 7) is 6.34. The smallest absolute Gasteiger partial charge is 0.267 e. The van der Waals surface area contributed by atoms with Gasteiger partial charge in [-0.3, -0.25) is 9.20 Å². The van der Waals surface area contributed by atoms with Gasteiger partial charge < -0.3 is 5.73 Å². The van der Waals surface area contributed by atoms with Crippen molar-refractivity contribution in [3.63, 3.8) is 0 Å². The van der Waals surface area contributed by atoms with E-state index in [1.54, 1.807) is 10.6 Å². The number of amides is 1. The van der Waals surface area contributed by atoms with Crippen molar-refractivity contribution in [2.45, 2.75) is 26.2 Å². The molecule has 2 heterocycles. The zero-order valence-electron chi connectivity index (χ0n) is 9.69. The second-order valence-corrected chi connectivity index (χ2v) is 4.87. The Balaban J connectivity index is 2.77. The first-order valence-corrected chi connectivity index (χ1v) is 5.17. The lowest BCUT2D eigenvalue weighted by Crippen LogP contribution is -2.16. The fourth-order valence-electron chi connectivity index (χ4n) is 1.78. The van der Waals surface area contributed by atoms with E-state index in [1.165, 1.54) is 6.20 Å². The van der Waals surface area contributed by atoms with Crippen LogP contribution in [0.1, 0.15) is 36.8 Å². The molecular weight excluding hydrogens is 202 g/mol. The first kappa shape index (κ1) is 10.7. The number of nitrogens with zero attached hydrogens (tertiary/aromatic N) is 2. The van der Waals surface area contributed by atoms with E-state index in [0.29, 0.717) is 5.69 Å². The average molecular weight is 217 g/mol. The quantitative estimate of drug-likeness (QED) is 0.790. The Bertz CT molecular complexity index is 549. The van der Waals surface area contributed by atoms with Crippen LogP contribution in [-0.4, -0.2) is 15.3 Å². The molecule has 0 atom stereocenters. The van der Waals surface area contributed by atoms with E-state index in [-0.39, 0.29) is 5.41 Å². The largest absolute Gasteiger partial charge is 0.364 e. The van der Waals surface area contributed by atoms with Gasteiger partial charge >= 0.3 is 0 Å². The third-order valence-corrected chi connectivity index (χ3v) is 2.60. The standard InChI is InChI=1S/C12H15N3O/c1-12(2,3)8-5-4-6-15-9(10(13)16)7-14-11(8)15/h4-7H,1-3H3,(H2,13,16). The number of nitrogens with two attached hydrogens (primary N) is 1. The molecule has 0 radical (unpaired) electrons. The summed E-state index contributed by atoms with van der Waals surface area (Å²) in [6.07, 6.45) is 3.32. The van der Waals surface area contributed by atoms with Crippen LogP contribution in [0.3, 0.4) is 0 Å². The van der Waals surface area contributed by atoms with E-state index in [1.807, 2.05) is 12.1 Å². The minimum Gasteiger partial charge on any atom is -0.364 e. The van der Waals surface area contributed by atoms with Gasteiger partial charge in [0.1, 0.15) is 11.3 Å². The van der Waals surface area contributed by atoms with Crippen LogP contribution >= 0.6 is 0 Å². The first-order chi connectivity index (χ1) is 7.41. The zero-order valence-corrected chi connectivity index (χ0v) is 9.69. The molecule has 0 saturated heterocycles. The molecule has 0 aliphatic carbocycles. The van der Waals surface area contributed by atoms with Crippen LogP contribution in [0.2, 0.25) is 0 Å². The van der Waals surface area contributed by atoms with E-state index in [2.05, 4.69) is 25.8 Å². The summed E-state index contributed by atoms with van der Waals surface area (Å²) in [7, 11) is 0. The van der Waals surface area contributed by atoms with Gasteiger partial charge in [0.2, 0.25) is 0 Å². The van der Waals surface area contributed by atoms with Gasteiger partial charge in [0.15, 0.2) is 0 Å².